The number of halogens is 1. The van der Waals surface area contributed by atoms with Gasteiger partial charge in [0.05, 0.1) is 0 Å². The van der Waals surface area contributed by atoms with Gasteiger partial charge in [-0.3, -0.25) is 9.59 Å². The van der Waals surface area contributed by atoms with Crippen LogP contribution >= 0.6 is 0 Å². The lowest BCUT2D eigenvalue weighted by Crippen LogP contribution is -2.50. The van der Waals surface area contributed by atoms with Crippen LogP contribution in [-0.4, -0.2) is 35.9 Å². The number of rotatable bonds is 11. The number of benzene rings is 2. The maximum Gasteiger partial charge on any atom is 0.261 e. The Bertz CT molecular complexity index is 806. The summed E-state index contributed by atoms with van der Waals surface area (Å²) in [5.74, 6) is -0.228. The van der Waals surface area contributed by atoms with Gasteiger partial charge in [0, 0.05) is 13.1 Å². The van der Waals surface area contributed by atoms with Gasteiger partial charge in [-0.2, -0.15) is 0 Å². The molecule has 0 bridgehead atoms. The predicted molar refractivity (Wildman–Crippen MR) is 116 cm³/mol. The van der Waals surface area contributed by atoms with Crippen molar-refractivity contribution in [2.24, 2.45) is 0 Å². The summed E-state index contributed by atoms with van der Waals surface area (Å²) >= 11 is 0. The normalized spacial score (nSPS) is 11.6. The van der Waals surface area contributed by atoms with E-state index in [0.29, 0.717) is 18.7 Å². The third kappa shape index (κ3) is 7.17. The minimum atomic E-state index is -0.624. The zero-order valence-corrected chi connectivity index (χ0v) is 18.0. The van der Waals surface area contributed by atoms with Crippen LogP contribution < -0.4 is 10.1 Å². The number of nitrogens with one attached hydrogen (secondary N) is 1. The van der Waals surface area contributed by atoms with Crippen LogP contribution in [0.4, 0.5) is 4.39 Å². The number of aryl methyl sites for hydroxylation is 1. The molecule has 1 atom stereocenters. The second-order valence-corrected chi connectivity index (χ2v) is 7.32. The Kier molecular flexibility index (Phi) is 9.32. The predicted octanol–water partition coefficient (Wildman–Crippen LogP) is 4.24. The molecule has 1 unspecified atom stereocenters. The van der Waals surface area contributed by atoms with E-state index < -0.39 is 6.04 Å². The highest BCUT2D eigenvalue weighted by atomic mass is 19.1. The van der Waals surface area contributed by atoms with Gasteiger partial charge in [0.15, 0.2) is 6.61 Å². The lowest BCUT2D eigenvalue weighted by Gasteiger charge is -2.30. The van der Waals surface area contributed by atoms with Crippen LogP contribution in [0.1, 0.15) is 44.2 Å². The summed E-state index contributed by atoms with van der Waals surface area (Å²) in [6, 6.07) is 12.8. The Balaban J connectivity index is 2.15. The summed E-state index contributed by atoms with van der Waals surface area (Å²) in [6.07, 6.45) is 2.32. The molecule has 162 valence electrons. The van der Waals surface area contributed by atoms with Crippen LogP contribution in [0.25, 0.3) is 0 Å². The molecule has 2 aromatic carbocycles. The van der Waals surface area contributed by atoms with Gasteiger partial charge in [-0.15, -0.1) is 0 Å². The number of nitrogens with zero attached hydrogens (tertiary/aromatic N) is 1. The quantitative estimate of drug-likeness (QED) is 0.560. The van der Waals surface area contributed by atoms with E-state index >= 15 is 0 Å². The van der Waals surface area contributed by atoms with Gasteiger partial charge in [-0.25, -0.2) is 4.39 Å². The van der Waals surface area contributed by atoms with E-state index in [1.165, 1.54) is 17.0 Å². The average molecular weight is 415 g/mol. The number of ether oxygens (including phenoxy) is 1. The van der Waals surface area contributed by atoms with Gasteiger partial charge >= 0.3 is 0 Å². The first-order chi connectivity index (χ1) is 14.4. The van der Waals surface area contributed by atoms with E-state index in [0.717, 1.165) is 24.0 Å². The molecule has 0 fully saturated rings. The van der Waals surface area contributed by atoms with Crippen LogP contribution in [0.3, 0.4) is 0 Å². The number of carbonyl (C=O) groups excluding carboxylic acids is 2. The number of amides is 2. The Morgan fingerprint density at radius 1 is 1.07 bits per heavy atom. The summed E-state index contributed by atoms with van der Waals surface area (Å²) in [6.45, 7) is 6.50. The third-order valence-electron chi connectivity index (χ3n) is 4.86. The first-order valence-electron chi connectivity index (χ1n) is 10.5. The van der Waals surface area contributed by atoms with E-state index in [2.05, 4.69) is 12.2 Å². The largest absolute Gasteiger partial charge is 0.484 e. The van der Waals surface area contributed by atoms with Crippen LogP contribution in [0.2, 0.25) is 0 Å². The highest BCUT2D eigenvalue weighted by molar-refractivity contribution is 5.88. The minimum absolute atomic E-state index is 0.178. The summed E-state index contributed by atoms with van der Waals surface area (Å²) in [5.41, 5.74) is 1.85. The monoisotopic (exact) mass is 414 g/mol. The molecule has 1 N–H and O–H groups in total. The molecule has 0 heterocycles. The number of unbranched alkanes of at least 4 members (excludes halogenated alkanes) is 1. The van der Waals surface area contributed by atoms with Crippen LogP contribution in [0, 0.1) is 12.7 Å². The SMILES string of the molecule is CCCCNC(=O)C(CC)N(Cc1ccc(F)cc1)C(=O)COc1ccc(C)cc1. The Morgan fingerprint density at radius 3 is 2.33 bits per heavy atom. The van der Waals surface area contributed by atoms with Crippen LogP contribution in [-0.2, 0) is 16.1 Å². The van der Waals surface area contributed by atoms with Crippen molar-refractivity contribution >= 4 is 11.8 Å². The zero-order valence-electron chi connectivity index (χ0n) is 18.0. The molecule has 0 aliphatic heterocycles. The first kappa shape index (κ1) is 23.4. The van der Waals surface area contributed by atoms with Gasteiger partial charge in [-0.05, 0) is 49.6 Å². The van der Waals surface area contributed by atoms with Gasteiger partial charge in [0.2, 0.25) is 5.91 Å². The second-order valence-electron chi connectivity index (χ2n) is 7.32. The molecular formula is C24H31FN2O3. The Labute approximate surface area is 178 Å². The average Bonchev–Trinajstić information content (AvgIpc) is 2.74. The van der Waals surface area contributed by atoms with Crippen molar-refractivity contribution in [2.45, 2.75) is 52.6 Å². The standard InChI is InChI=1S/C24H31FN2O3/c1-4-6-15-26-24(29)22(5-2)27(16-19-9-11-20(25)12-10-19)23(28)17-30-21-13-7-18(3)8-14-21/h7-14,22H,4-6,15-17H2,1-3H3,(H,26,29). The highest BCUT2D eigenvalue weighted by Crippen LogP contribution is 2.15. The maximum atomic E-state index is 13.3. The smallest absolute Gasteiger partial charge is 0.261 e. The molecule has 0 saturated heterocycles. The number of hydrogen-bond acceptors (Lipinski definition) is 3. The molecule has 30 heavy (non-hydrogen) atoms. The molecule has 0 radical (unpaired) electrons. The topological polar surface area (TPSA) is 58.6 Å². The van der Waals surface area contributed by atoms with Gasteiger partial charge in [-0.1, -0.05) is 50.1 Å². The fourth-order valence-electron chi connectivity index (χ4n) is 3.07. The summed E-state index contributed by atoms with van der Waals surface area (Å²) in [5, 5.41) is 2.91. The van der Waals surface area contributed by atoms with Crippen molar-refractivity contribution in [1.29, 1.82) is 0 Å². The molecule has 5 nitrogen and oxygen atoms in total. The Hall–Kier alpha value is -2.89. The summed E-state index contributed by atoms with van der Waals surface area (Å²) in [7, 11) is 0. The van der Waals surface area contributed by atoms with E-state index in [1.807, 2.05) is 38.1 Å². The molecule has 0 spiro atoms. The van der Waals surface area contributed by atoms with Gasteiger partial charge in [0.1, 0.15) is 17.6 Å². The third-order valence-corrected chi connectivity index (χ3v) is 4.86. The lowest BCUT2D eigenvalue weighted by atomic mass is 10.1. The molecule has 2 aromatic rings. The van der Waals surface area contributed by atoms with Crippen LogP contribution in [0.15, 0.2) is 48.5 Å². The number of hydrogen-bond donors (Lipinski definition) is 1. The van der Waals surface area contributed by atoms with Gasteiger partial charge < -0.3 is 15.0 Å². The van der Waals surface area contributed by atoms with Crippen molar-refractivity contribution < 1.29 is 18.7 Å². The first-order valence-corrected chi connectivity index (χ1v) is 10.5. The van der Waals surface area contributed by atoms with E-state index in [1.54, 1.807) is 12.1 Å². The van der Waals surface area contributed by atoms with Gasteiger partial charge in [0.25, 0.3) is 5.91 Å². The fraction of sp³-hybridized carbons (Fsp3) is 0.417. The second kappa shape index (κ2) is 12.0. The van der Waals surface area contributed by atoms with Crippen molar-refractivity contribution in [3.63, 3.8) is 0 Å². The fourth-order valence-corrected chi connectivity index (χ4v) is 3.07. The summed E-state index contributed by atoms with van der Waals surface area (Å²) < 4.78 is 18.9. The van der Waals surface area contributed by atoms with Crippen molar-refractivity contribution in [1.82, 2.24) is 10.2 Å². The van der Waals surface area contributed by atoms with E-state index in [-0.39, 0.29) is 30.8 Å². The molecule has 0 aliphatic carbocycles. The lowest BCUT2D eigenvalue weighted by molar-refractivity contribution is -0.143. The zero-order chi connectivity index (χ0) is 21.9. The molecular weight excluding hydrogens is 383 g/mol. The molecule has 2 amide bonds. The van der Waals surface area contributed by atoms with E-state index in [9.17, 15) is 14.0 Å². The van der Waals surface area contributed by atoms with E-state index in [4.69, 9.17) is 4.74 Å². The maximum absolute atomic E-state index is 13.3. The molecule has 0 saturated carbocycles. The van der Waals surface area contributed by atoms with Crippen molar-refractivity contribution in [2.75, 3.05) is 13.2 Å². The van der Waals surface area contributed by atoms with Crippen LogP contribution in [0.5, 0.6) is 5.75 Å². The summed E-state index contributed by atoms with van der Waals surface area (Å²) in [4.78, 5) is 27.3. The van der Waals surface area contributed by atoms with Crippen molar-refractivity contribution in [3.8, 4) is 5.75 Å². The highest BCUT2D eigenvalue weighted by Gasteiger charge is 2.28. The minimum Gasteiger partial charge on any atom is -0.484 e. The molecule has 2 rings (SSSR count). The molecule has 0 aliphatic rings. The Morgan fingerprint density at radius 2 is 1.73 bits per heavy atom. The van der Waals surface area contributed by atoms with Crippen molar-refractivity contribution in [3.05, 3.63) is 65.5 Å². The molecule has 6 heteroatoms. The number of carbonyl (C=O) groups is 2. The molecule has 0 aromatic heterocycles.